The number of benzene rings is 1. The van der Waals surface area contributed by atoms with Crippen molar-refractivity contribution in [3.05, 3.63) is 46.2 Å². The molecule has 6 heteroatoms. The summed E-state index contributed by atoms with van der Waals surface area (Å²) in [5.74, 6) is 0.402. The van der Waals surface area contributed by atoms with Gasteiger partial charge in [-0.3, -0.25) is 0 Å². The summed E-state index contributed by atoms with van der Waals surface area (Å²) in [5.41, 5.74) is 3.42. The van der Waals surface area contributed by atoms with Crippen molar-refractivity contribution >= 4 is 11.3 Å². The molecule has 0 saturated heterocycles. The molecule has 0 aliphatic carbocycles. The Morgan fingerprint density at radius 1 is 1.40 bits per heavy atom. The number of aromatic nitrogens is 1. The Balaban J connectivity index is 1.95. The minimum absolute atomic E-state index is 0.269. The molecule has 0 fully saturated rings. The zero-order chi connectivity index (χ0) is 14.2. The lowest BCUT2D eigenvalue weighted by atomic mass is 10.2. The number of hydrogen-bond donors (Lipinski definition) is 1. The Morgan fingerprint density at radius 3 is 3.05 bits per heavy atom. The summed E-state index contributed by atoms with van der Waals surface area (Å²) in [4.78, 5) is 4.15. The Morgan fingerprint density at radius 2 is 2.30 bits per heavy atom. The van der Waals surface area contributed by atoms with Crippen molar-refractivity contribution in [2.75, 3.05) is 20.3 Å². The van der Waals surface area contributed by atoms with Crippen LogP contribution in [0.1, 0.15) is 11.3 Å². The summed E-state index contributed by atoms with van der Waals surface area (Å²) in [6.45, 7) is 2.25. The van der Waals surface area contributed by atoms with Crippen LogP contribution in [0.4, 0.5) is 4.39 Å². The lowest BCUT2D eigenvalue weighted by Crippen LogP contribution is -2.19. The summed E-state index contributed by atoms with van der Waals surface area (Å²) in [6.07, 6.45) is 0. The van der Waals surface area contributed by atoms with Gasteiger partial charge in [0.15, 0.2) is 0 Å². The van der Waals surface area contributed by atoms with Crippen LogP contribution in [0.15, 0.2) is 29.1 Å². The van der Waals surface area contributed by atoms with E-state index >= 15 is 0 Å². The highest BCUT2D eigenvalue weighted by molar-refractivity contribution is 7.07. The van der Waals surface area contributed by atoms with E-state index in [-0.39, 0.29) is 5.82 Å². The van der Waals surface area contributed by atoms with Crippen molar-refractivity contribution in [1.82, 2.24) is 10.3 Å². The number of nitrogens with zero attached hydrogens (tertiary/aromatic N) is 1. The third-order valence-electron chi connectivity index (χ3n) is 2.68. The smallest absolute Gasteiger partial charge is 0.131 e. The molecule has 2 aromatic rings. The van der Waals surface area contributed by atoms with Crippen molar-refractivity contribution in [3.63, 3.8) is 0 Å². The summed E-state index contributed by atoms with van der Waals surface area (Å²) in [7, 11) is 1.65. The van der Waals surface area contributed by atoms with Crippen molar-refractivity contribution < 1.29 is 13.9 Å². The fourth-order valence-electron chi connectivity index (χ4n) is 1.68. The highest BCUT2D eigenvalue weighted by atomic mass is 32.1. The molecule has 0 aliphatic heterocycles. The molecule has 2 rings (SSSR count). The molecule has 1 N–H and O–H groups in total. The normalized spacial score (nSPS) is 10.7. The third-order valence-corrected chi connectivity index (χ3v) is 3.32. The SMILES string of the molecule is COCCNCc1cc(F)ccc1OCc1cscn1. The molecule has 1 aromatic carbocycles. The molecule has 1 aromatic heterocycles. The average Bonchev–Trinajstić information content (AvgIpc) is 2.96. The molecular weight excluding hydrogens is 279 g/mol. The monoisotopic (exact) mass is 296 g/mol. The van der Waals surface area contributed by atoms with Crippen LogP contribution in [-0.2, 0) is 17.9 Å². The van der Waals surface area contributed by atoms with Crippen LogP contribution in [0.5, 0.6) is 5.75 Å². The maximum atomic E-state index is 13.3. The predicted octanol–water partition coefficient (Wildman–Crippen LogP) is 2.60. The fraction of sp³-hybridized carbons (Fsp3) is 0.357. The van der Waals surface area contributed by atoms with Gasteiger partial charge in [-0.2, -0.15) is 0 Å². The average molecular weight is 296 g/mol. The molecule has 0 radical (unpaired) electrons. The van der Waals surface area contributed by atoms with E-state index in [4.69, 9.17) is 9.47 Å². The lowest BCUT2D eigenvalue weighted by molar-refractivity contribution is 0.199. The number of methoxy groups -OCH3 is 1. The predicted molar refractivity (Wildman–Crippen MR) is 76.4 cm³/mol. The van der Waals surface area contributed by atoms with E-state index in [0.29, 0.717) is 32.1 Å². The third kappa shape index (κ3) is 4.56. The van der Waals surface area contributed by atoms with Crippen LogP contribution in [0, 0.1) is 5.82 Å². The number of hydrogen-bond acceptors (Lipinski definition) is 5. The van der Waals surface area contributed by atoms with Crippen molar-refractivity contribution in [3.8, 4) is 5.75 Å². The van der Waals surface area contributed by atoms with Gasteiger partial charge in [-0.25, -0.2) is 9.37 Å². The van der Waals surface area contributed by atoms with Gasteiger partial charge in [0.1, 0.15) is 18.2 Å². The summed E-state index contributed by atoms with van der Waals surface area (Å²) in [6, 6.07) is 4.53. The van der Waals surface area contributed by atoms with E-state index in [1.165, 1.54) is 23.5 Å². The molecule has 0 atom stereocenters. The molecule has 0 unspecified atom stereocenters. The molecular formula is C14H17FN2O2S. The van der Waals surface area contributed by atoms with Gasteiger partial charge in [0, 0.05) is 31.1 Å². The molecule has 0 spiro atoms. The number of nitrogens with one attached hydrogen (secondary N) is 1. The van der Waals surface area contributed by atoms with Gasteiger partial charge in [-0.1, -0.05) is 0 Å². The lowest BCUT2D eigenvalue weighted by Gasteiger charge is -2.11. The maximum absolute atomic E-state index is 13.3. The zero-order valence-corrected chi connectivity index (χ0v) is 12.1. The summed E-state index contributed by atoms with van der Waals surface area (Å²) < 4.78 is 24.0. The first-order chi connectivity index (χ1) is 9.79. The maximum Gasteiger partial charge on any atom is 0.131 e. The minimum Gasteiger partial charge on any atom is -0.487 e. The molecule has 108 valence electrons. The second kappa shape index (κ2) is 7.94. The Kier molecular flexibility index (Phi) is 5.91. The van der Waals surface area contributed by atoms with E-state index in [2.05, 4.69) is 10.3 Å². The van der Waals surface area contributed by atoms with Crippen LogP contribution >= 0.6 is 11.3 Å². The first kappa shape index (κ1) is 14.9. The highest BCUT2D eigenvalue weighted by Crippen LogP contribution is 2.21. The Labute approximate surface area is 121 Å². The minimum atomic E-state index is -0.269. The quantitative estimate of drug-likeness (QED) is 0.760. The standard InChI is InChI=1S/C14H17FN2O2S/c1-18-5-4-16-7-11-6-12(15)2-3-14(11)19-8-13-9-20-10-17-13/h2-3,6,9-10,16H,4-5,7-8H2,1H3. The molecule has 0 amide bonds. The van der Waals surface area contributed by atoms with Gasteiger partial charge in [-0.05, 0) is 18.2 Å². The van der Waals surface area contributed by atoms with E-state index < -0.39 is 0 Å². The molecule has 0 bridgehead atoms. The van der Waals surface area contributed by atoms with E-state index in [1.807, 2.05) is 5.38 Å². The first-order valence-electron chi connectivity index (χ1n) is 6.27. The number of halogens is 1. The highest BCUT2D eigenvalue weighted by Gasteiger charge is 2.06. The molecule has 4 nitrogen and oxygen atoms in total. The van der Waals surface area contributed by atoms with Gasteiger partial charge < -0.3 is 14.8 Å². The van der Waals surface area contributed by atoms with E-state index in [9.17, 15) is 4.39 Å². The number of ether oxygens (including phenoxy) is 2. The second-order valence-electron chi connectivity index (χ2n) is 4.19. The van der Waals surface area contributed by atoms with Gasteiger partial charge in [-0.15, -0.1) is 11.3 Å². The molecule has 20 heavy (non-hydrogen) atoms. The van der Waals surface area contributed by atoms with E-state index in [1.54, 1.807) is 18.7 Å². The largest absolute Gasteiger partial charge is 0.487 e. The van der Waals surface area contributed by atoms with E-state index in [0.717, 1.165) is 11.3 Å². The van der Waals surface area contributed by atoms with Crippen molar-refractivity contribution in [2.45, 2.75) is 13.2 Å². The van der Waals surface area contributed by atoms with Crippen molar-refractivity contribution in [1.29, 1.82) is 0 Å². The van der Waals surface area contributed by atoms with Gasteiger partial charge >= 0.3 is 0 Å². The van der Waals surface area contributed by atoms with Gasteiger partial charge in [0.2, 0.25) is 0 Å². The van der Waals surface area contributed by atoms with Crippen LogP contribution in [0.25, 0.3) is 0 Å². The Bertz CT molecular complexity index is 520. The topological polar surface area (TPSA) is 43.4 Å². The fourth-order valence-corrected chi connectivity index (χ4v) is 2.23. The molecule has 0 aliphatic rings. The number of rotatable bonds is 8. The Hall–Kier alpha value is -1.50. The molecule has 0 saturated carbocycles. The van der Waals surface area contributed by atoms with Gasteiger partial charge in [0.05, 0.1) is 17.8 Å². The van der Waals surface area contributed by atoms with Crippen LogP contribution in [-0.4, -0.2) is 25.2 Å². The zero-order valence-electron chi connectivity index (χ0n) is 11.3. The summed E-state index contributed by atoms with van der Waals surface area (Å²) in [5, 5.41) is 5.11. The van der Waals surface area contributed by atoms with Crippen LogP contribution in [0.3, 0.4) is 0 Å². The van der Waals surface area contributed by atoms with Gasteiger partial charge in [0.25, 0.3) is 0 Å². The molecule has 1 heterocycles. The first-order valence-corrected chi connectivity index (χ1v) is 7.22. The summed E-state index contributed by atoms with van der Waals surface area (Å²) >= 11 is 1.52. The van der Waals surface area contributed by atoms with Crippen LogP contribution in [0.2, 0.25) is 0 Å². The number of thiazole rings is 1. The van der Waals surface area contributed by atoms with Crippen molar-refractivity contribution in [2.24, 2.45) is 0 Å². The second-order valence-corrected chi connectivity index (χ2v) is 4.91. The van der Waals surface area contributed by atoms with Crippen LogP contribution < -0.4 is 10.1 Å².